The third kappa shape index (κ3) is 10.4. The summed E-state index contributed by atoms with van der Waals surface area (Å²) in [5.74, 6) is 2.00. The van der Waals surface area contributed by atoms with Crippen molar-refractivity contribution in [2.45, 2.75) is 11.5 Å². The zero-order valence-electron chi connectivity index (χ0n) is 14.1. The first-order chi connectivity index (χ1) is 13.7. The second-order valence-corrected chi connectivity index (χ2v) is 17.1. The lowest BCUT2D eigenvalue weighted by Gasteiger charge is -2.12. The summed E-state index contributed by atoms with van der Waals surface area (Å²) in [5, 5.41) is 0. The molecule has 0 heterocycles. The van der Waals surface area contributed by atoms with Crippen LogP contribution in [0.25, 0.3) is 0 Å². The molecule has 2 aromatic carbocycles. The summed E-state index contributed by atoms with van der Waals surface area (Å²) in [6.07, 6.45) is 0. The van der Waals surface area contributed by atoms with Crippen molar-refractivity contribution >= 4 is 216 Å². The Morgan fingerprint density at radius 2 is 0.931 bits per heavy atom. The maximum atomic E-state index is 2.45. The molecule has 0 fully saturated rings. The lowest BCUT2D eigenvalue weighted by Crippen LogP contribution is -1.91. The van der Waals surface area contributed by atoms with Gasteiger partial charge in [-0.25, -0.2) is 0 Å². The minimum Gasteiger partial charge on any atom is -0.114 e. The molecule has 0 bridgehead atoms. The van der Waals surface area contributed by atoms with Crippen molar-refractivity contribution in [3.05, 3.63) is 73.5 Å². The maximum absolute atomic E-state index is 2.45. The summed E-state index contributed by atoms with van der Waals surface area (Å²) in [6.45, 7) is 0. The van der Waals surface area contributed by atoms with E-state index in [1.165, 1.54) is 41.0 Å². The van der Waals surface area contributed by atoms with Crippen molar-refractivity contribution in [3.8, 4) is 0 Å². The molecule has 0 aliphatic heterocycles. The van der Waals surface area contributed by atoms with Crippen LogP contribution < -0.4 is 0 Å². The summed E-state index contributed by atoms with van der Waals surface area (Å²) in [5.41, 5.74) is 2.82. The first-order valence-corrected chi connectivity index (χ1v) is 19.3. The molecule has 29 heavy (non-hydrogen) atoms. The molecule has 0 amide bonds. The smallest absolute Gasteiger partial charge is 0.0519 e. The Hall–Kier alpha value is 4.81. The van der Waals surface area contributed by atoms with E-state index in [1.54, 1.807) is 0 Å². The standard InChI is InChI=1S/C18H10I8S3/c19-5-17(27-7-9-1-13(23)15(25)3-11(9)21)29-18(6-20)28-8-10-2-14(24)16(26)4-12(10)22/h1-6H,7-8H2. The van der Waals surface area contributed by atoms with E-state index in [2.05, 4.69) is 213 Å². The average molecular weight is 1340 g/mol. The van der Waals surface area contributed by atoms with Gasteiger partial charge in [0.05, 0.1) is 8.47 Å². The van der Waals surface area contributed by atoms with E-state index in [0.717, 1.165) is 11.5 Å². The molecule has 11 heteroatoms. The van der Waals surface area contributed by atoms with Crippen LogP contribution in [-0.4, -0.2) is 0 Å². The van der Waals surface area contributed by atoms with Gasteiger partial charge in [-0.15, -0.1) is 23.5 Å². The van der Waals surface area contributed by atoms with Gasteiger partial charge in [0.25, 0.3) is 0 Å². The normalized spacial score (nSPS) is 12.6. The molecule has 0 saturated carbocycles. The fourth-order valence-corrected chi connectivity index (χ4v) is 11.8. The fourth-order valence-electron chi connectivity index (χ4n) is 1.91. The number of hydrogen-bond donors (Lipinski definition) is 0. The van der Waals surface area contributed by atoms with Crippen LogP contribution in [-0.2, 0) is 11.5 Å². The van der Waals surface area contributed by atoms with Gasteiger partial charge in [-0.2, -0.15) is 0 Å². The molecule has 0 radical (unpaired) electrons. The van der Waals surface area contributed by atoms with E-state index in [4.69, 9.17) is 0 Å². The average Bonchev–Trinajstić information content (AvgIpc) is 2.68. The number of halogens is 8. The van der Waals surface area contributed by atoms with Gasteiger partial charge in [0, 0.05) is 32.9 Å². The molecule has 0 atom stereocenters. The molecule has 0 unspecified atom stereocenters. The largest absolute Gasteiger partial charge is 0.114 e. The highest BCUT2D eigenvalue weighted by molar-refractivity contribution is 14.1. The second-order valence-electron chi connectivity index (χ2n) is 5.25. The Bertz CT molecular complexity index is 868. The van der Waals surface area contributed by atoms with E-state index in [0.29, 0.717) is 0 Å². The molecule has 0 N–H and O–H groups in total. The van der Waals surface area contributed by atoms with E-state index < -0.39 is 0 Å². The number of rotatable bonds is 8. The van der Waals surface area contributed by atoms with Crippen LogP contribution in [0, 0.1) is 21.4 Å². The third-order valence-corrected chi connectivity index (χ3v) is 17.4. The lowest BCUT2D eigenvalue weighted by molar-refractivity contribution is 1.35. The van der Waals surface area contributed by atoms with Gasteiger partial charge in [0.1, 0.15) is 0 Å². The van der Waals surface area contributed by atoms with E-state index >= 15 is 0 Å². The molecule has 0 aliphatic rings. The van der Waals surface area contributed by atoms with Gasteiger partial charge in [-0.1, -0.05) is 56.9 Å². The quantitative estimate of drug-likeness (QED) is 0.191. The second kappa shape index (κ2) is 15.8. The van der Waals surface area contributed by atoms with Crippen molar-refractivity contribution in [2.75, 3.05) is 0 Å². The molecular weight excluding hydrogens is 1330 g/mol. The topological polar surface area (TPSA) is 0 Å². The van der Waals surface area contributed by atoms with Gasteiger partial charge in [-0.05, 0) is 179 Å². The van der Waals surface area contributed by atoms with Crippen LogP contribution in [0.15, 0.2) is 40.9 Å². The van der Waals surface area contributed by atoms with Gasteiger partial charge < -0.3 is 0 Å². The third-order valence-electron chi connectivity index (χ3n) is 3.30. The lowest BCUT2D eigenvalue weighted by atomic mass is 10.2. The Balaban J connectivity index is 1.98. The summed E-state index contributed by atoms with van der Waals surface area (Å²) in [6, 6.07) is 9.18. The van der Waals surface area contributed by atoms with Gasteiger partial charge in [-0.3, -0.25) is 0 Å². The SMILES string of the molecule is IC=C(SCc1cc(I)c(I)cc1I)SC(=CI)SCc1cc(I)c(I)cc1I. The maximum Gasteiger partial charge on any atom is 0.0519 e. The molecule has 156 valence electrons. The van der Waals surface area contributed by atoms with Crippen molar-refractivity contribution in [3.63, 3.8) is 0 Å². The molecule has 0 aromatic heterocycles. The summed E-state index contributed by atoms with van der Waals surface area (Å²) in [4.78, 5) is 0. The van der Waals surface area contributed by atoms with Crippen LogP contribution >= 0.6 is 216 Å². The summed E-state index contributed by atoms with van der Waals surface area (Å²) < 4.78 is 15.1. The molecule has 0 nitrogen and oxygen atoms in total. The molecule has 2 aromatic rings. The van der Waals surface area contributed by atoms with E-state index in [1.807, 2.05) is 35.3 Å². The minimum absolute atomic E-state index is 0.999. The van der Waals surface area contributed by atoms with Crippen LogP contribution in [0.5, 0.6) is 0 Å². The summed E-state index contributed by atoms with van der Waals surface area (Å²) >= 11 is 25.0. The van der Waals surface area contributed by atoms with Gasteiger partial charge in [0.2, 0.25) is 0 Å². The van der Waals surface area contributed by atoms with Crippen molar-refractivity contribution in [1.82, 2.24) is 0 Å². The fraction of sp³-hybridized carbons (Fsp3) is 0.111. The molecule has 0 saturated heterocycles. The van der Waals surface area contributed by atoms with Crippen LogP contribution in [0.4, 0.5) is 0 Å². The Labute approximate surface area is 294 Å². The van der Waals surface area contributed by atoms with Crippen molar-refractivity contribution in [1.29, 1.82) is 0 Å². The predicted octanol–water partition coefficient (Wildman–Crippen LogP) is 11.7. The highest BCUT2D eigenvalue weighted by Gasteiger charge is 2.11. The first kappa shape index (κ1) is 30.0. The van der Waals surface area contributed by atoms with Crippen molar-refractivity contribution in [2.24, 2.45) is 0 Å². The van der Waals surface area contributed by atoms with E-state index in [9.17, 15) is 0 Å². The highest BCUT2D eigenvalue weighted by atomic mass is 127. The predicted molar refractivity (Wildman–Crippen MR) is 204 cm³/mol. The van der Waals surface area contributed by atoms with Crippen LogP contribution in [0.1, 0.15) is 11.1 Å². The van der Waals surface area contributed by atoms with Crippen LogP contribution in [0.3, 0.4) is 0 Å². The Morgan fingerprint density at radius 1 is 0.586 bits per heavy atom. The number of hydrogen-bond acceptors (Lipinski definition) is 3. The highest BCUT2D eigenvalue weighted by Crippen LogP contribution is 2.44. The molecule has 0 spiro atoms. The van der Waals surface area contributed by atoms with Crippen LogP contribution in [0.2, 0.25) is 0 Å². The monoisotopic (exact) mass is 1340 g/mol. The minimum atomic E-state index is 0.999. The summed E-state index contributed by atoms with van der Waals surface area (Å²) in [7, 11) is 0. The number of thioether (sulfide) groups is 3. The first-order valence-electron chi connectivity index (χ1n) is 7.56. The Morgan fingerprint density at radius 3 is 1.28 bits per heavy atom. The van der Waals surface area contributed by atoms with E-state index in [-0.39, 0.29) is 0 Å². The van der Waals surface area contributed by atoms with Gasteiger partial charge in [0.15, 0.2) is 0 Å². The van der Waals surface area contributed by atoms with Crippen molar-refractivity contribution < 1.29 is 0 Å². The zero-order valence-corrected chi connectivity index (χ0v) is 33.8. The van der Waals surface area contributed by atoms with Gasteiger partial charge >= 0.3 is 0 Å². The molecule has 2 rings (SSSR count). The molecular formula is C18H10I8S3. The number of benzene rings is 2. The Kier molecular flexibility index (Phi) is 16.4. The molecule has 0 aliphatic carbocycles. The zero-order chi connectivity index (χ0) is 21.6.